The van der Waals surface area contributed by atoms with Crippen molar-refractivity contribution < 1.29 is 14.2 Å². The minimum atomic E-state index is -1.00. The topological polar surface area (TPSA) is 73.7 Å². The minimum Gasteiger partial charge on any atom is -0.739 e. The summed E-state index contributed by atoms with van der Waals surface area (Å²) in [7, 11) is 3.39. The van der Waals surface area contributed by atoms with Gasteiger partial charge >= 0.3 is 0 Å². The van der Waals surface area contributed by atoms with Crippen LogP contribution >= 0.6 is 0 Å². The van der Waals surface area contributed by atoms with Crippen LogP contribution in [0, 0.1) is 10.4 Å². The van der Waals surface area contributed by atoms with Crippen LogP contribution < -0.4 is 4.74 Å². The Morgan fingerprint density at radius 2 is 1.83 bits per heavy atom. The van der Waals surface area contributed by atoms with Gasteiger partial charge in [-0.25, -0.2) is 0 Å². The molecule has 0 aliphatic carbocycles. The number of nitrogens with zero attached hydrogens (tertiary/aromatic N) is 3. The second-order valence-electron chi connectivity index (χ2n) is 4.45. The molecule has 0 radical (unpaired) electrons. The van der Waals surface area contributed by atoms with Crippen molar-refractivity contribution in [2.24, 2.45) is 5.28 Å². The summed E-state index contributed by atoms with van der Waals surface area (Å²) in [5.74, 6) is 0.756. The van der Waals surface area contributed by atoms with Crippen LogP contribution in [0.3, 0.4) is 0 Å². The highest BCUT2D eigenvalue weighted by atomic mass is 16.6. The Balaban J connectivity index is 3.02. The Bertz CT molecular complexity index is 464. The van der Waals surface area contributed by atoms with Gasteiger partial charge in [0, 0.05) is 26.0 Å². The summed E-state index contributed by atoms with van der Waals surface area (Å²) in [5, 5.41) is 23.9. The predicted molar refractivity (Wildman–Crippen MR) is 68.4 cm³/mol. The molecule has 0 fully saturated rings. The zero-order valence-electron chi connectivity index (χ0n) is 11.0. The number of benzene rings is 1. The Morgan fingerprint density at radius 1 is 1.28 bits per heavy atom. The minimum absolute atomic E-state index is 0.132. The lowest BCUT2D eigenvalue weighted by molar-refractivity contribution is -0.586. The van der Waals surface area contributed by atoms with Gasteiger partial charge in [0.15, 0.2) is 0 Å². The summed E-state index contributed by atoms with van der Waals surface area (Å²) >= 11 is 0. The fourth-order valence-corrected chi connectivity index (χ4v) is 1.52. The molecule has 6 nitrogen and oxygen atoms in total. The van der Waals surface area contributed by atoms with E-state index in [-0.39, 0.29) is 4.86 Å². The van der Waals surface area contributed by atoms with Crippen molar-refractivity contribution in [1.29, 1.82) is 0 Å². The van der Waals surface area contributed by atoms with Gasteiger partial charge in [-0.3, -0.25) is 0 Å². The van der Waals surface area contributed by atoms with E-state index in [1.54, 1.807) is 38.8 Å². The summed E-state index contributed by atoms with van der Waals surface area (Å²) in [6, 6.07) is 7.35. The maximum absolute atomic E-state index is 11.3. The van der Waals surface area contributed by atoms with Crippen LogP contribution in [0.4, 0.5) is 5.69 Å². The summed E-state index contributed by atoms with van der Waals surface area (Å²) in [6.45, 7) is 3.23. The first kappa shape index (κ1) is 14.0. The smallest absolute Gasteiger partial charge is 0.268 e. The molecule has 1 rings (SSSR count). The van der Waals surface area contributed by atoms with Crippen molar-refractivity contribution in [3.8, 4) is 5.75 Å². The zero-order valence-corrected chi connectivity index (χ0v) is 11.0. The third kappa shape index (κ3) is 3.19. The predicted octanol–water partition coefficient (Wildman–Crippen LogP) is 2.28. The lowest BCUT2D eigenvalue weighted by Crippen LogP contribution is -2.35. The Morgan fingerprint density at radius 3 is 2.28 bits per heavy atom. The molecule has 0 aromatic heterocycles. The summed E-state index contributed by atoms with van der Waals surface area (Å²) < 4.78 is 6.82. The molecule has 0 saturated heterocycles. The molecular formula is C12H17N3O3. The van der Waals surface area contributed by atoms with E-state index < -0.39 is 5.54 Å². The van der Waals surface area contributed by atoms with Gasteiger partial charge in [-0.05, 0) is 17.4 Å². The van der Waals surface area contributed by atoms with Crippen molar-refractivity contribution in [3.63, 3.8) is 0 Å². The largest absolute Gasteiger partial charge is 0.739 e. The molecule has 0 heterocycles. The lowest BCUT2D eigenvalue weighted by atomic mass is 10.1. The quantitative estimate of drug-likeness (QED) is 0.356. The molecule has 98 valence electrons. The van der Waals surface area contributed by atoms with E-state index in [2.05, 4.69) is 5.28 Å². The van der Waals surface area contributed by atoms with Gasteiger partial charge in [-0.15, -0.1) is 0 Å². The summed E-state index contributed by atoms with van der Waals surface area (Å²) in [6.07, 6.45) is 1.63. The Kier molecular flexibility index (Phi) is 4.25. The third-order valence-corrected chi connectivity index (χ3v) is 2.56. The molecule has 0 atom stereocenters. The molecule has 1 aromatic carbocycles. The average molecular weight is 251 g/mol. The van der Waals surface area contributed by atoms with Gasteiger partial charge in [0.05, 0.1) is 7.11 Å². The number of hydrogen-bond acceptors (Lipinski definition) is 4. The van der Waals surface area contributed by atoms with Gasteiger partial charge in [0.2, 0.25) is 11.9 Å². The molecule has 0 N–H and O–H groups in total. The first-order valence-electron chi connectivity index (χ1n) is 5.44. The molecular weight excluding hydrogens is 234 g/mol. The molecule has 0 saturated carbocycles. The lowest BCUT2D eigenvalue weighted by Gasteiger charge is -2.15. The fourth-order valence-electron chi connectivity index (χ4n) is 1.52. The van der Waals surface area contributed by atoms with Gasteiger partial charge in [0.25, 0.3) is 5.54 Å². The Labute approximate surface area is 106 Å². The van der Waals surface area contributed by atoms with Crippen molar-refractivity contribution >= 4 is 11.9 Å². The first-order chi connectivity index (χ1) is 8.40. The molecule has 18 heavy (non-hydrogen) atoms. The molecule has 0 aliphatic rings. The van der Waals surface area contributed by atoms with E-state index >= 15 is 0 Å². The number of hydroxylamine groups is 1. The normalized spacial score (nSPS) is 13.6. The van der Waals surface area contributed by atoms with E-state index in [1.165, 1.54) is 0 Å². The van der Waals surface area contributed by atoms with Crippen LogP contribution in [0.5, 0.6) is 5.75 Å². The Hall–Kier alpha value is -2.11. The van der Waals surface area contributed by atoms with Crippen molar-refractivity contribution in [3.05, 3.63) is 34.7 Å². The number of hydrogen-bond donors (Lipinski definition) is 0. The molecule has 0 bridgehead atoms. The highest BCUT2D eigenvalue weighted by Crippen LogP contribution is 2.17. The van der Waals surface area contributed by atoms with Gasteiger partial charge in [0.1, 0.15) is 12.8 Å². The third-order valence-electron chi connectivity index (χ3n) is 2.56. The van der Waals surface area contributed by atoms with Crippen LogP contribution in [0.2, 0.25) is 0 Å². The molecule has 0 spiro atoms. The van der Waals surface area contributed by atoms with Crippen LogP contribution in [-0.4, -0.2) is 35.3 Å². The number of methoxy groups -OCH3 is 1. The molecule has 0 unspecified atom stereocenters. The van der Waals surface area contributed by atoms with Crippen LogP contribution in [-0.2, 0) is 0 Å². The highest BCUT2D eigenvalue weighted by molar-refractivity contribution is 5.63. The van der Waals surface area contributed by atoms with E-state index in [4.69, 9.17) is 4.74 Å². The van der Waals surface area contributed by atoms with Crippen molar-refractivity contribution in [2.75, 3.05) is 14.2 Å². The van der Waals surface area contributed by atoms with E-state index in [0.29, 0.717) is 0 Å². The summed E-state index contributed by atoms with van der Waals surface area (Å²) in [5.41, 5.74) is -0.126. The molecule has 6 heteroatoms. The second-order valence-corrected chi connectivity index (χ2v) is 4.45. The van der Waals surface area contributed by atoms with E-state index in [0.717, 1.165) is 11.4 Å². The number of rotatable bonds is 4. The standard InChI is InChI=1S/C12H17N3O3/c1-12(2,15(17)13-16)9-14(3)10-5-7-11(18-4)8-6-10/h5-9H,1-4H3/b14-9?,15-13-. The highest BCUT2D eigenvalue weighted by Gasteiger charge is 2.30. The van der Waals surface area contributed by atoms with E-state index in [9.17, 15) is 10.4 Å². The van der Waals surface area contributed by atoms with Crippen molar-refractivity contribution in [2.45, 2.75) is 19.4 Å². The van der Waals surface area contributed by atoms with Crippen molar-refractivity contribution in [1.82, 2.24) is 0 Å². The zero-order chi connectivity index (χ0) is 13.8. The van der Waals surface area contributed by atoms with E-state index in [1.807, 2.05) is 24.3 Å². The SMILES string of the molecule is COc1ccc([N+](C)=CC(C)(C)/[N+]([O-])=N/[O-])cc1. The monoisotopic (exact) mass is 251 g/mol. The summed E-state index contributed by atoms with van der Waals surface area (Å²) in [4.78, 5) is 0.132. The van der Waals surface area contributed by atoms with Gasteiger partial charge in [-0.1, -0.05) is 4.86 Å². The maximum Gasteiger partial charge on any atom is 0.268 e. The van der Waals surface area contributed by atoms with Gasteiger partial charge < -0.3 is 15.2 Å². The van der Waals surface area contributed by atoms with Crippen LogP contribution in [0.1, 0.15) is 13.8 Å². The first-order valence-corrected chi connectivity index (χ1v) is 5.44. The number of ether oxygens (including phenoxy) is 1. The fraction of sp³-hybridized carbons (Fsp3) is 0.417. The van der Waals surface area contributed by atoms with Gasteiger partial charge in [-0.2, -0.15) is 4.58 Å². The average Bonchev–Trinajstić information content (AvgIpc) is 2.37. The van der Waals surface area contributed by atoms with Crippen LogP contribution in [0.15, 0.2) is 29.5 Å². The molecule has 0 aliphatic heterocycles. The molecule has 0 amide bonds. The second kappa shape index (κ2) is 5.48. The van der Waals surface area contributed by atoms with Crippen LogP contribution in [0.25, 0.3) is 0 Å². The maximum atomic E-state index is 11.3. The molecule has 1 aromatic rings.